The average molecular weight is 301 g/mol. The molecule has 1 aliphatic rings. The molecule has 0 aromatic heterocycles. The molecule has 0 saturated carbocycles. The van der Waals surface area contributed by atoms with E-state index in [0.29, 0.717) is 32.8 Å². The van der Waals surface area contributed by atoms with Crippen molar-refractivity contribution < 1.29 is 19.1 Å². The summed E-state index contributed by atoms with van der Waals surface area (Å²) in [5, 5.41) is 0. The van der Waals surface area contributed by atoms with Crippen molar-refractivity contribution in [1.82, 2.24) is 9.80 Å². The molecule has 0 radical (unpaired) electrons. The van der Waals surface area contributed by atoms with Gasteiger partial charge in [-0.2, -0.15) is 0 Å². The van der Waals surface area contributed by atoms with Crippen LogP contribution < -0.4 is 5.73 Å². The van der Waals surface area contributed by atoms with E-state index < -0.39 is 6.04 Å². The molecule has 21 heavy (non-hydrogen) atoms. The van der Waals surface area contributed by atoms with Crippen molar-refractivity contribution in [2.75, 3.05) is 39.4 Å². The van der Waals surface area contributed by atoms with Gasteiger partial charge in [0.05, 0.1) is 18.8 Å². The monoisotopic (exact) mass is 301 g/mol. The molecule has 1 rings (SSSR count). The van der Waals surface area contributed by atoms with E-state index in [2.05, 4.69) is 0 Å². The summed E-state index contributed by atoms with van der Waals surface area (Å²) in [6, 6.07) is -0.668. The van der Waals surface area contributed by atoms with Gasteiger partial charge in [0.15, 0.2) is 0 Å². The first kappa shape index (κ1) is 17.7. The highest BCUT2D eigenvalue weighted by Gasteiger charge is 2.28. The fourth-order valence-corrected chi connectivity index (χ4v) is 1.97. The van der Waals surface area contributed by atoms with Gasteiger partial charge in [-0.3, -0.25) is 4.79 Å². The van der Waals surface area contributed by atoms with Crippen LogP contribution in [0.3, 0.4) is 0 Å². The normalized spacial score (nSPS) is 17.6. The van der Waals surface area contributed by atoms with E-state index in [4.69, 9.17) is 15.2 Å². The van der Waals surface area contributed by atoms with Gasteiger partial charge in [0.1, 0.15) is 6.04 Å². The summed E-state index contributed by atoms with van der Waals surface area (Å²) in [7, 11) is 0. The zero-order chi connectivity index (χ0) is 16.0. The van der Waals surface area contributed by atoms with Gasteiger partial charge in [-0.15, -0.1) is 0 Å². The number of hydrogen-bond acceptors (Lipinski definition) is 5. The highest BCUT2D eigenvalue weighted by atomic mass is 16.6. The molecular weight excluding hydrogens is 274 g/mol. The van der Waals surface area contributed by atoms with E-state index in [0.717, 1.165) is 0 Å². The van der Waals surface area contributed by atoms with E-state index in [-0.39, 0.29) is 24.2 Å². The van der Waals surface area contributed by atoms with Crippen molar-refractivity contribution in [3.8, 4) is 0 Å². The molecule has 0 bridgehead atoms. The SMILES string of the molecule is CCOC(=O)N1CCN(C(=O)[C@@H](N)COC(C)(C)C)CC1. The minimum absolute atomic E-state index is 0.136. The summed E-state index contributed by atoms with van der Waals surface area (Å²) in [5.41, 5.74) is 5.56. The van der Waals surface area contributed by atoms with Crippen molar-refractivity contribution in [2.24, 2.45) is 5.73 Å². The van der Waals surface area contributed by atoms with E-state index in [1.807, 2.05) is 20.8 Å². The molecule has 7 nitrogen and oxygen atoms in total. The number of nitrogens with two attached hydrogens (primary N) is 1. The third kappa shape index (κ3) is 5.89. The second kappa shape index (κ2) is 7.61. The van der Waals surface area contributed by atoms with Crippen LogP contribution in [0, 0.1) is 0 Å². The van der Waals surface area contributed by atoms with Crippen LogP contribution in [0.15, 0.2) is 0 Å². The van der Waals surface area contributed by atoms with Crippen molar-refractivity contribution >= 4 is 12.0 Å². The molecule has 0 aliphatic carbocycles. The fraction of sp³-hybridized carbons (Fsp3) is 0.857. The number of amides is 2. The molecule has 1 atom stereocenters. The Morgan fingerprint density at radius 2 is 1.67 bits per heavy atom. The molecule has 1 heterocycles. The smallest absolute Gasteiger partial charge is 0.409 e. The van der Waals surface area contributed by atoms with Crippen molar-refractivity contribution in [3.63, 3.8) is 0 Å². The molecule has 0 spiro atoms. The Morgan fingerprint density at radius 1 is 1.14 bits per heavy atom. The van der Waals surface area contributed by atoms with Crippen LogP contribution in [0.25, 0.3) is 0 Å². The first-order valence-corrected chi connectivity index (χ1v) is 7.34. The lowest BCUT2D eigenvalue weighted by Gasteiger charge is -2.35. The molecule has 1 aliphatic heterocycles. The van der Waals surface area contributed by atoms with Gasteiger partial charge in [0, 0.05) is 26.2 Å². The quantitative estimate of drug-likeness (QED) is 0.814. The number of ether oxygens (including phenoxy) is 2. The van der Waals surface area contributed by atoms with Crippen LogP contribution in [0.1, 0.15) is 27.7 Å². The van der Waals surface area contributed by atoms with Gasteiger partial charge in [-0.1, -0.05) is 0 Å². The molecule has 0 aromatic carbocycles. The largest absolute Gasteiger partial charge is 0.450 e. The summed E-state index contributed by atoms with van der Waals surface area (Å²) in [6.45, 7) is 9.96. The molecule has 2 amide bonds. The second-order valence-corrected chi connectivity index (χ2v) is 6.04. The summed E-state index contributed by atoms with van der Waals surface area (Å²) in [4.78, 5) is 27.1. The van der Waals surface area contributed by atoms with Gasteiger partial charge in [0.25, 0.3) is 0 Å². The van der Waals surface area contributed by atoms with Gasteiger partial charge in [-0.05, 0) is 27.7 Å². The molecule has 7 heteroatoms. The molecule has 122 valence electrons. The van der Waals surface area contributed by atoms with E-state index in [1.54, 1.807) is 16.7 Å². The highest BCUT2D eigenvalue weighted by molar-refractivity contribution is 5.82. The predicted molar refractivity (Wildman–Crippen MR) is 78.9 cm³/mol. The van der Waals surface area contributed by atoms with Crippen LogP contribution in [0.4, 0.5) is 4.79 Å². The summed E-state index contributed by atoms with van der Waals surface area (Å²) >= 11 is 0. The zero-order valence-electron chi connectivity index (χ0n) is 13.4. The highest BCUT2D eigenvalue weighted by Crippen LogP contribution is 2.09. The lowest BCUT2D eigenvalue weighted by Crippen LogP contribution is -2.55. The van der Waals surface area contributed by atoms with E-state index in [9.17, 15) is 9.59 Å². The van der Waals surface area contributed by atoms with Gasteiger partial charge in [-0.25, -0.2) is 4.79 Å². The number of carbonyl (C=O) groups is 2. The molecule has 1 saturated heterocycles. The average Bonchev–Trinajstić information content (AvgIpc) is 2.43. The topological polar surface area (TPSA) is 85.1 Å². The maximum absolute atomic E-state index is 12.2. The van der Waals surface area contributed by atoms with Gasteiger partial charge in [0.2, 0.25) is 5.91 Å². The number of nitrogens with zero attached hydrogens (tertiary/aromatic N) is 2. The van der Waals surface area contributed by atoms with Crippen LogP contribution >= 0.6 is 0 Å². The van der Waals surface area contributed by atoms with Crippen LogP contribution in [0.5, 0.6) is 0 Å². The lowest BCUT2D eigenvalue weighted by molar-refractivity contribution is -0.137. The maximum atomic E-state index is 12.2. The third-order valence-electron chi connectivity index (χ3n) is 3.13. The Labute approximate surface area is 126 Å². The predicted octanol–water partition coefficient (Wildman–Crippen LogP) is 0.430. The summed E-state index contributed by atoms with van der Waals surface area (Å²) < 4.78 is 10.5. The van der Waals surface area contributed by atoms with Crippen molar-refractivity contribution in [1.29, 1.82) is 0 Å². The molecule has 0 unspecified atom stereocenters. The number of rotatable bonds is 4. The fourth-order valence-electron chi connectivity index (χ4n) is 1.97. The molecule has 1 fully saturated rings. The first-order valence-electron chi connectivity index (χ1n) is 7.34. The molecule has 0 aromatic rings. The number of hydrogen-bond donors (Lipinski definition) is 1. The van der Waals surface area contributed by atoms with Crippen molar-refractivity contribution in [3.05, 3.63) is 0 Å². The number of carbonyl (C=O) groups excluding carboxylic acids is 2. The van der Waals surface area contributed by atoms with Crippen LogP contribution in [-0.2, 0) is 14.3 Å². The Kier molecular flexibility index (Phi) is 6.42. The third-order valence-corrected chi connectivity index (χ3v) is 3.13. The van der Waals surface area contributed by atoms with E-state index in [1.165, 1.54) is 0 Å². The second-order valence-electron chi connectivity index (χ2n) is 6.04. The Hall–Kier alpha value is -1.34. The maximum Gasteiger partial charge on any atom is 0.409 e. The van der Waals surface area contributed by atoms with Gasteiger partial charge >= 0.3 is 6.09 Å². The minimum atomic E-state index is -0.668. The first-order chi connectivity index (χ1) is 9.74. The Morgan fingerprint density at radius 3 is 2.14 bits per heavy atom. The standard InChI is InChI=1S/C14H27N3O4/c1-5-20-13(19)17-8-6-16(7-9-17)12(18)11(15)10-21-14(2,3)4/h11H,5-10,15H2,1-4H3/t11-/m0/s1. The Bertz CT molecular complexity index is 360. The lowest BCUT2D eigenvalue weighted by atomic mass is 10.2. The molecule has 2 N–H and O–H groups in total. The molecular formula is C14H27N3O4. The van der Waals surface area contributed by atoms with Crippen molar-refractivity contribution in [2.45, 2.75) is 39.3 Å². The zero-order valence-corrected chi connectivity index (χ0v) is 13.4. The summed E-state index contributed by atoms with van der Waals surface area (Å²) in [5.74, 6) is -0.136. The Balaban J connectivity index is 2.39. The van der Waals surface area contributed by atoms with Crippen LogP contribution in [0.2, 0.25) is 0 Å². The van der Waals surface area contributed by atoms with Crippen LogP contribution in [-0.4, -0.2) is 72.8 Å². The van der Waals surface area contributed by atoms with E-state index >= 15 is 0 Å². The number of piperazine rings is 1. The summed E-state index contributed by atoms with van der Waals surface area (Å²) in [6.07, 6.45) is -0.329. The van der Waals surface area contributed by atoms with Gasteiger partial charge < -0.3 is 25.0 Å². The minimum Gasteiger partial charge on any atom is -0.450 e.